The van der Waals surface area contributed by atoms with E-state index in [0.717, 1.165) is 11.1 Å². The molecule has 0 aromatic heterocycles. The van der Waals surface area contributed by atoms with Crippen LogP contribution in [0.2, 0.25) is 0 Å². The number of guanidine groups is 1. The van der Waals surface area contributed by atoms with Crippen molar-refractivity contribution in [2.75, 3.05) is 20.7 Å². The van der Waals surface area contributed by atoms with Gasteiger partial charge in [-0.1, -0.05) is 24.3 Å². The third-order valence-corrected chi connectivity index (χ3v) is 4.19. The van der Waals surface area contributed by atoms with Crippen molar-refractivity contribution >= 4 is 35.8 Å². The highest BCUT2D eigenvalue weighted by Crippen LogP contribution is 2.23. The number of benzene rings is 2. The summed E-state index contributed by atoms with van der Waals surface area (Å²) in [6, 6.07) is 12.2. The van der Waals surface area contributed by atoms with E-state index in [1.54, 1.807) is 45.3 Å². The third-order valence-electron chi connectivity index (χ3n) is 4.19. The maximum Gasteiger partial charge on any atom is 0.422 e. The summed E-state index contributed by atoms with van der Waals surface area (Å²) in [5, 5.41) is 8.75. The smallest absolute Gasteiger partial charge is 0.422 e. The summed E-state index contributed by atoms with van der Waals surface area (Å²) in [4.78, 5) is 15.7. The Morgan fingerprint density at radius 1 is 1.06 bits per heavy atom. The summed E-state index contributed by atoms with van der Waals surface area (Å²) in [6.07, 6.45) is -4.40. The van der Waals surface area contributed by atoms with Crippen LogP contribution in [-0.4, -0.2) is 38.7 Å². The molecule has 2 rings (SSSR count). The Bertz CT molecular complexity index is 887. The lowest BCUT2D eigenvalue weighted by molar-refractivity contribution is -0.153. The molecule has 0 aliphatic rings. The molecule has 0 aliphatic carbocycles. The van der Waals surface area contributed by atoms with Crippen molar-refractivity contribution in [3.8, 4) is 5.75 Å². The van der Waals surface area contributed by atoms with Gasteiger partial charge in [0, 0.05) is 38.3 Å². The molecule has 0 bridgehead atoms. The van der Waals surface area contributed by atoms with Gasteiger partial charge in [0.15, 0.2) is 12.6 Å². The number of hydrogen-bond donors (Lipinski definition) is 3. The Labute approximate surface area is 196 Å². The van der Waals surface area contributed by atoms with Gasteiger partial charge in [-0.3, -0.25) is 9.79 Å². The molecule has 31 heavy (non-hydrogen) atoms. The third kappa shape index (κ3) is 9.03. The molecule has 0 unspecified atom stereocenters. The van der Waals surface area contributed by atoms with Crippen LogP contribution in [0.3, 0.4) is 0 Å². The van der Waals surface area contributed by atoms with Crippen LogP contribution in [0.4, 0.5) is 13.2 Å². The molecule has 0 heterocycles. The number of hydrogen-bond acceptors (Lipinski definition) is 3. The second-order valence-electron chi connectivity index (χ2n) is 6.57. The first kappa shape index (κ1) is 26.5. The fraction of sp³-hybridized carbons (Fsp3) is 0.333. The van der Waals surface area contributed by atoms with Crippen molar-refractivity contribution in [2.45, 2.75) is 26.2 Å². The van der Waals surface area contributed by atoms with Crippen LogP contribution in [0.5, 0.6) is 5.75 Å². The fourth-order valence-electron chi connectivity index (χ4n) is 2.61. The van der Waals surface area contributed by atoms with E-state index < -0.39 is 12.8 Å². The maximum absolute atomic E-state index is 12.5. The summed E-state index contributed by atoms with van der Waals surface area (Å²) >= 11 is 0. The average Bonchev–Trinajstić information content (AvgIpc) is 2.72. The number of halogens is 4. The van der Waals surface area contributed by atoms with E-state index in [-0.39, 0.29) is 42.2 Å². The van der Waals surface area contributed by atoms with Gasteiger partial charge >= 0.3 is 6.18 Å². The average molecular weight is 550 g/mol. The Hall–Kier alpha value is -2.50. The van der Waals surface area contributed by atoms with Crippen LogP contribution in [-0.2, 0) is 13.1 Å². The Kier molecular flexibility index (Phi) is 10.6. The topological polar surface area (TPSA) is 74.8 Å². The Morgan fingerprint density at radius 3 is 2.29 bits per heavy atom. The number of aliphatic imine (C=N–C) groups is 1. The van der Waals surface area contributed by atoms with E-state index >= 15 is 0 Å². The van der Waals surface area contributed by atoms with Crippen LogP contribution in [0.1, 0.15) is 27.0 Å². The molecule has 0 saturated heterocycles. The van der Waals surface area contributed by atoms with E-state index in [4.69, 9.17) is 4.74 Å². The molecular weight excluding hydrogens is 524 g/mol. The molecule has 0 atom stereocenters. The van der Waals surface area contributed by atoms with E-state index in [2.05, 4.69) is 20.9 Å². The highest BCUT2D eigenvalue weighted by Gasteiger charge is 2.28. The van der Waals surface area contributed by atoms with Gasteiger partial charge in [-0.15, -0.1) is 24.0 Å². The molecule has 170 valence electrons. The predicted octanol–water partition coefficient (Wildman–Crippen LogP) is 3.78. The summed E-state index contributed by atoms with van der Waals surface area (Å²) in [5.74, 6) is 0.501. The highest BCUT2D eigenvalue weighted by molar-refractivity contribution is 14.0. The molecule has 0 saturated carbocycles. The zero-order valence-electron chi connectivity index (χ0n) is 17.5. The Morgan fingerprint density at radius 2 is 1.71 bits per heavy atom. The molecule has 10 heteroatoms. The SMILES string of the molecule is CN=C(NCc1ccc(C(=O)NC)cc1)NCc1ccc(C)cc1OCC(F)(F)F.I. The van der Waals surface area contributed by atoms with Crippen LogP contribution in [0, 0.1) is 6.92 Å². The highest BCUT2D eigenvalue weighted by atomic mass is 127. The lowest BCUT2D eigenvalue weighted by Crippen LogP contribution is -2.36. The maximum atomic E-state index is 12.5. The second kappa shape index (κ2) is 12.4. The van der Waals surface area contributed by atoms with E-state index in [1.165, 1.54) is 0 Å². The van der Waals surface area contributed by atoms with Crippen molar-refractivity contribution < 1.29 is 22.7 Å². The number of nitrogens with zero attached hydrogens (tertiary/aromatic N) is 1. The van der Waals surface area contributed by atoms with Gasteiger partial charge in [-0.05, 0) is 36.2 Å². The monoisotopic (exact) mass is 550 g/mol. The number of alkyl halides is 3. The van der Waals surface area contributed by atoms with Gasteiger partial charge in [0.05, 0.1) is 0 Å². The molecular formula is C21H26F3IN4O2. The van der Waals surface area contributed by atoms with Crippen LogP contribution >= 0.6 is 24.0 Å². The van der Waals surface area contributed by atoms with Crippen LogP contribution in [0.25, 0.3) is 0 Å². The van der Waals surface area contributed by atoms with Crippen molar-refractivity contribution in [3.63, 3.8) is 0 Å². The molecule has 2 aromatic carbocycles. The zero-order chi connectivity index (χ0) is 22.1. The van der Waals surface area contributed by atoms with Crippen LogP contribution in [0.15, 0.2) is 47.5 Å². The van der Waals surface area contributed by atoms with Crippen molar-refractivity contribution in [2.24, 2.45) is 4.99 Å². The Balaban J connectivity index is 0.00000480. The first-order chi connectivity index (χ1) is 14.2. The largest absolute Gasteiger partial charge is 0.484 e. The number of carbonyl (C=O) groups is 1. The molecule has 1 amide bonds. The van der Waals surface area contributed by atoms with E-state index in [1.807, 2.05) is 18.2 Å². The van der Waals surface area contributed by atoms with Crippen molar-refractivity contribution in [1.29, 1.82) is 0 Å². The van der Waals surface area contributed by atoms with Gasteiger partial charge in [0.25, 0.3) is 5.91 Å². The predicted molar refractivity (Wildman–Crippen MR) is 125 cm³/mol. The van der Waals surface area contributed by atoms with Crippen LogP contribution < -0.4 is 20.7 Å². The molecule has 0 spiro atoms. The number of rotatable bonds is 7. The molecule has 2 aromatic rings. The van der Waals surface area contributed by atoms with Gasteiger partial charge in [0.2, 0.25) is 0 Å². The molecule has 0 fully saturated rings. The van der Waals surface area contributed by atoms with E-state index in [0.29, 0.717) is 23.6 Å². The molecule has 0 aliphatic heterocycles. The first-order valence-electron chi connectivity index (χ1n) is 9.26. The van der Waals surface area contributed by atoms with Gasteiger partial charge < -0.3 is 20.7 Å². The lowest BCUT2D eigenvalue weighted by atomic mass is 10.1. The minimum atomic E-state index is -4.40. The summed E-state index contributed by atoms with van der Waals surface area (Å²) in [6.45, 7) is 1.14. The number of aryl methyl sites for hydroxylation is 1. The number of amides is 1. The second-order valence-corrected chi connectivity index (χ2v) is 6.57. The summed E-state index contributed by atoms with van der Waals surface area (Å²) < 4.78 is 42.5. The minimum absolute atomic E-state index is 0. The van der Waals surface area contributed by atoms with Gasteiger partial charge in [0.1, 0.15) is 5.75 Å². The van der Waals surface area contributed by atoms with Gasteiger partial charge in [-0.25, -0.2) is 0 Å². The molecule has 0 radical (unpaired) electrons. The fourth-order valence-corrected chi connectivity index (χ4v) is 2.61. The number of nitrogens with one attached hydrogen (secondary N) is 3. The normalized spacial score (nSPS) is 11.4. The first-order valence-corrected chi connectivity index (χ1v) is 9.26. The quantitative estimate of drug-likeness (QED) is 0.279. The zero-order valence-corrected chi connectivity index (χ0v) is 19.8. The van der Waals surface area contributed by atoms with Gasteiger partial charge in [-0.2, -0.15) is 13.2 Å². The summed E-state index contributed by atoms with van der Waals surface area (Å²) in [5.41, 5.74) is 2.89. The molecule has 3 N–H and O–H groups in total. The van der Waals surface area contributed by atoms with Crippen molar-refractivity contribution in [1.82, 2.24) is 16.0 Å². The standard InChI is InChI=1S/C21H25F3N4O2.HI/c1-14-4-7-17(18(10-14)30-13-21(22,23)24)12-28-20(26-3)27-11-15-5-8-16(9-6-15)19(29)25-2;/h4-10H,11-13H2,1-3H3,(H,25,29)(H2,26,27,28);1H. The van der Waals surface area contributed by atoms with Crippen molar-refractivity contribution in [3.05, 3.63) is 64.7 Å². The van der Waals surface area contributed by atoms with E-state index in [9.17, 15) is 18.0 Å². The summed E-state index contributed by atoms with van der Waals surface area (Å²) in [7, 11) is 3.17. The lowest BCUT2D eigenvalue weighted by Gasteiger charge is -2.16. The number of ether oxygens (including phenoxy) is 1. The molecule has 6 nitrogen and oxygen atoms in total. The minimum Gasteiger partial charge on any atom is -0.484 e. The number of carbonyl (C=O) groups excluding carboxylic acids is 1.